The Morgan fingerprint density at radius 2 is 2.08 bits per heavy atom. The molecule has 0 aliphatic heterocycles. The molecule has 0 radical (unpaired) electrons. The van der Waals surface area contributed by atoms with Gasteiger partial charge in [0.1, 0.15) is 5.82 Å². The molecule has 0 fully saturated rings. The highest BCUT2D eigenvalue weighted by Gasteiger charge is 2.22. The van der Waals surface area contributed by atoms with Crippen LogP contribution in [-0.2, 0) is 5.41 Å². The lowest BCUT2D eigenvalue weighted by atomic mass is 9.85. The van der Waals surface area contributed by atoms with E-state index >= 15 is 0 Å². The Hall–Kier alpha value is -0.810. The summed E-state index contributed by atoms with van der Waals surface area (Å²) in [4.78, 5) is 0. The van der Waals surface area contributed by atoms with E-state index in [1.54, 1.807) is 18.2 Å². The first-order chi connectivity index (χ1) is 5.99. The van der Waals surface area contributed by atoms with E-state index in [1.165, 1.54) is 0 Å². The molecule has 0 heterocycles. The predicted molar refractivity (Wildman–Crippen MR) is 56.0 cm³/mol. The molecule has 0 aliphatic rings. The molecule has 1 aromatic rings. The summed E-state index contributed by atoms with van der Waals surface area (Å²) in [7, 11) is 0. The van der Waals surface area contributed by atoms with Crippen molar-refractivity contribution in [3.05, 3.63) is 34.1 Å². The third kappa shape index (κ3) is 1.92. The molecule has 0 aromatic heterocycles. The molecule has 2 heteroatoms. The molecule has 0 N–H and O–H groups in total. The maximum atomic E-state index is 13.5. The van der Waals surface area contributed by atoms with Crippen LogP contribution in [-0.4, -0.2) is 0 Å². The van der Waals surface area contributed by atoms with E-state index in [2.05, 4.69) is 21.9 Å². The largest absolute Gasteiger partial charge is 0.205 e. The van der Waals surface area contributed by atoms with Crippen LogP contribution < -0.4 is 0 Å². The maximum absolute atomic E-state index is 13.5. The van der Waals surface area contributed by atoms with Crippen LogP contribution in [0.5, 0.6) is 0 Å². The first kappa shape index (κ1) is 10.3. The normalized spacial score (nSPS) is 11.0. The van der Waals surface area contributed by atoms with Crippen molar-refractivity contribution in [1.29, 1.82) is 0 Å². The zero-order valence-electron chi connectivity index (χ0n) is 7.57. The zero-order chi connectivity index (χ0) is 10.1. The fourth-order valence-corrected chi connectivity index (χ4v) is 1.43. The molecule has 13 heavy (non-hydrogen) atoms. The predicted octanol–water partition coefficient (Wildman–Crippen LogP) is 3.50. The van der Waals surface area contributed by atoms with Gasteiger partial charge in [0.05, 0.1) is 9.89 Å². The number of terminal acetylenes is 1. The summed E-state index contributed by atoms with van der Waals surface area (Å²) in [6, 6.07) is 5.15. The highest BCUT2D eigenvalue weighted by molar-refractivity contribution is 9.10. The van der Waals surface area contributed by atoms with Crippen molar-refractivity contribution >= 4 is 15.9 Å². The fourth-order valence-electron chi connectivity index (χ4n) is 1.06. The van der Waals surface area contributed by atoms with Gasteiger partial charge < -0.3 is 0 Å². The SMILES string of the molecule is C#CC(C)(C)c1cccc(Br)c1F. The molecule has 0 saturated carbocycles. The van der Waals surface area contributed by atoms with Crippen LogP contribution in [0.15, 0.2) is 22.7 Å². The van der Waals surface area contributed by atoms with Gasteiger partial charge in [0.15, 0.2) is 0 Å². The van der Waals surface area contributed by atoms with E-state index in [-0.39, 0.29) is 5.82 Å². The van der Waals surface area contributed by atoms with Crippen LogP contribution in [0, 0.1) is 18.2 Å². The van der Waals surface area contributed by atoms with E-state index in [1.807, 2.05) is 13.8 Å². The summed E-state index contributed by atoms with van der Waals surface area (Å²) in [5.74, 6) is 2.29. The van der Waals surface area contributed by atoms with Gasteiger partial charge in [0.25, 0.3) is 0 Å². The number of hydrogen-bond acceptors (Lipinski definition) is 0. The molecule has 0 atom stereocenters. The molecular weight excluding hydrogens is 231 g/mol. The standard InChI is InChI=1S/C11H10BrF/c1-4-11(2,3)8-6-5-7-9(12)10(8)13/h1,5-7H,2-3H3. The van der Waals surface area contributed by atoms with Crippen molar-refractivity contribution in [2.24, 2.45) is 0 Å². The summed E-state index contributed by atoms with van der Waals surface area (Å²) in [6.45, 7) is 3.63. The van der Waals surface area contributed by atoms with Crippen LogP contribution in [0.25, 0.3) is 0 Å². The Labute approximate surface area is 86.3 Å². The lowest BCUT2D eigenvalue weighted by molar-refractivity contribution is 0.563. The number of hydrogen-bond donors (Lipinski definition) is 0. The Morgan fingerprint density at radius 3 is 2.62 bits per heavy atom. The van der Waals surface area contributed by atoms with Crippen molar-refractivity contribution in [2.45, 2.75) is 19.3 Å². The monoisotopic (exact) mass is 240 g/mol. The van der Waals surface area contributed by atoms with Gasteiger partial charge in [0, 0.05) is 5.56 Å². The van der Waals surface area contributed by atoms with Gasteiger partial charge in [-0.2, -0.15) is 0 Å². The average molecular weight is 241 g/mol. The maximum Gasteiger partial charge on any atom is 0.142 e. The van der Waals surface area contributed by atoms with Crippen LogP contribution in [0.4, 0.5) is 4.39 Å². The fraction of sp³-hybridized carbons (Fsp3) is 0.273. The van der Waals surface area contributed by atoms with E-state index < -0.39 is 5.41 Å². The minimum absolute atomic E-state index is 0.273. The second-order valence-electron chi connectivity index (χ2n) is 3.37. The van der Waals surface area contributed by atoms with E-state index in [0.29, 0.717) is 10.0 Å². The van der Waals surface area contributed by atoms with Crippen LogP contribution in [0.3, 0.4) is 0 Å². The zero-order valence-corrected chi connectivity index (χ0v) is 9.15. The van der Waals surface area contributed by atoms with Crippen molar-refractivity contribution in [3.63, 3.8) is 0 Å². The third-order valence-electron chi connectivity index (χ3n) is 1.99. The van der Waals surface area contributed by atoms with Crippen LogP contribution in [0.2, 0.25) is 0 Å². The Morgan fingerprint density at radius 1 is 1.46 bits per heavy atom. The quantitative estimate of drug-likeness (QED) is 0.660. The highest BCUT2D eigenvalue weighted by atomic mass is 79.9. The molecular formula is C11H10BrF. The summed E-state index contributed by atoms with van der Waals surface area (Å²) in [6.07, 6.45) is 5.33. The van der Waals surface area contributed by atoms with Crippen LogP contribution >= 0.6 is 15.9 Å². The summed E-state index contributed by atoms with van der Waals surface area (Å²) >= 11 is 3.12. The molecule has 0 amide bonds. The Bertz CT molecular complexity index is 361. The van der Waals surface area contributed by atoms with Crippen LogP contribution in [0.1, 0.15) is 19.4 Å². The molecule has 1 rings (SSSR count). The summed E-state index contributed by atoms with van der Waals surface area (Å²) < 4.78 is 14.0. The van der Waals surface area contributed by atoms with E-state index in [9.17, 15) is 4.39 Å². The summed E-state index contributed by atoms with van der Waals surface area (Å²) in [5.41, 5.74) is -0.0159. The number of halogens is 2. The molecule has 68 valence electrons. The van der Waals surface area contributed by atoms with Gasteiger partial charge in [0.2, 0.25) is 0 Å². The Balaban J connectivity index is 3.33. The lowest BCUT2D eigenvalue weighted by Gasteiger charge is -2.18. The van der Waals surface area contributed by atoms with E-state index in [0.717, 1.165) is 0 Å². The topological polar surface area (TPSA) is 0 Å². The second-order valence-corrected chi connectivity index (χ2v) is 4.23. The minimum Gasteiger partial charge on any atom is -0.205 e. The second kappa shape index (κ2) is 3.51. The number of rotatable bonds is 1. The minimum atomic E-state index is -0.562. The molecule has 0 bridgehead atoms. The van der Waals surface area contributed by atoms with Gasteiger partial charge in [-0.05, 0) is 35.8 Å². The molecule has 0 spiro atoms. The first-order valence-corrected chi connectivity index (χ1v) is 4.70. The molecule has 0 saturated heterocycles. The van der Waals surface area contributed by atoms with Gasteiger partial charge in [-0.25, -0.2) is 4.39 Å². The smallest absolute Gasteiger partial charge is 0.142 e. The van der Waals surface area contributed by atoms with Gasteiger partial charge in [-0.3, -0.25) is 0 Å². The lowest BCUT2D eigenvalue weighted by Crippen LogP contribution is -2.16. The molecule has 0 unspecified atom stereocenters. The average Bonchev–Trinajstić information content (AvgIpc) is 2.09. The molecule has 1 aromatic carbocycles. The van der Waals surface area contributed by atoms with Gasteiger partial charge >= 0.3 is 0 Å². The number of benzene rings is 1. The van der Waals surface area contributed by atoms with Crippen molar-refractivity contribution in [1.82, 2.24) is 0 Å². The van der Waals surface area contributed by atoms with E-state index in [4.69, 9.17) is 6.42 Å². The molecule has 0 aliphatic carbocycles. The summed E-state index contributed by atoms with van der Waals surface area (Å²) in [5, 5.41) is 0. The highest BCUT2D eigenvalue weighted by Crippen LogP contribution is 2.28. The van der Waals surface area contributed by atoms with Crippen molar-refractivity contribution in [3.8, 4) is 12.3 Å². The van der Waals surface area contributed by atoms with Gasteiger partial charge in [-0.15, -0.1) is 6.42 Å². The van der Waals surface area contributed by atoms with Gasteiger partial charge in [-0.1, -0.05) is 18.1 Å². The van der Waals surface area contributed by atoms with Crippen molar-refractivity contribution < 1.29 is 4.39 Å². The molecule has 0 nitrogen and oxygen atoms in total. The van der Waals surface area contributed by atoms with Crippen molar-refractivity contribution in [2.75, 3.05) is 0 Å². The first-order valence-electron chi connectivity index (χ1n) is 3.91. The third-order valence-corrected chi connectivity index (χ3v) is 2.60. The Kier molecular flexibility index (Phi) is 2.77.